The Morgan fingerprint density at radius 2 is 1.76 bits per heavy atom. The fraction of sp³-hybridized carbons (Fsp3) is 0.500. The van der Waals surface area contributed by atoms with Crippen LogP contribution in [-0.2, 0) is 35.1 Å². The van der Waals surface area contributed by atoms with Crippen molar-refractivity contribution in [3.8, 4) is 0 Å². The third-order valence-electron chi connectivity index (χ3n) is 10.3. The van der Waals surface area contributed by atoms with Crippen molar-refractivity contribution in [3.05, 3.63) is 97.1 Å². The molecule has 2 N–H and O–H groups in total. The van der Waals surface area contributed by atoms with E-state index in [0.29, 0.717) is 31.2 Å². The summed E-state index contributed by atoms with van der Waals surface area (Å²) in [6.45, 7) is 15.0. The number of aliphatic hydroxyl groups excluding tert-OH is 1. The lowest BCUT2D eigenvalue weighted by Crippen LogP contribution is -2.61. The highest BCUT2D eigenvalue weighted by Gasteiger charge is 2.76. The standard InChI is InChI=1S/C40H51N3O7/c1-7-9-20-31(45)41-26(3)34(28-18-14-11-15-19-28)49-38(48)32-30-21-22-40(50-30)33(32)36(46)43(29(25-44)24-27-16-12-10-13-17-27)35(40)37(47)42(23-8-2)39(4,5)6/h7-8,10-19,26,29-30,32-35,44H,1-2,9,20-25H2,3-6H3,(H,41,45)/t26-,29+,30+,32-,33-,34-,35+,40-/m0/s1. The molecule has 0 radical (unpaired) electrons. The average molecular weight is 686 g/mol. The van der Waals surface area contributed by atoms with Gasteiger partial charge in [0.15, 0.2) is 0 Å². The summed E-state index contributed by atoms with van der Waals surface area (Å²) in [7, 11) is 0. The van der Waals surface area contributed by atoms with Gasteiger partial charge in [-0.25, -0.2) is 0 Å². The van der Waals surface area contributed by atoms with E-state index in [1.807, 2.05) is 81.4 Å². The zero-order valence-corrected chi connectivity index (χ0v) is 29.6. The van der Waals surface area contributed by atoms with Crippen molar-refractivity contribution >= 4 is 23.7 Å². The first-order valence-corrected chi connectivity index (χ1v) is 17.6. The number of fused-ring (bicyclic) bond motifs is 1. The fourth-order valence-electron chi connectivity index (χ4n) is 8.08. The summed E-state index contributed by atoms with van der Waals surface area (Å²) in [5.74, 6) is -3.51. The van der Waals surface area contributed by atoms with Gasteiger partial charge in [-0.1, -0.05) is 72.8 Å². The zero-order valence-electron chi connectivity index (χ0n) is 29.6. The number of ether oxygens (including phenoxy) is 2. The van der Waals surface area contributed by atoms with Crippen molar-refractivity contribution in [1.29, 1.82) is 0 Å². The van der Waals surface area contributed by atoms with Crippen LogP contribution in [0.5, 0.6) is 0 Å². The number of nitrogens with one attached hydrogen (secondary N) is 1. The molecule has 2 aromatic rings. The molecule has 3 fully saturated rings. The van der Waals surface area contributed by atoms with Crippen molar-refractivity contribution in [2.75, 3.05) is 13.2 Å². The van der Waals surface area contributed by atoms with Gasteiger partial charge in [0.1, 0.15) is 17.7 Å². The lowest BCUT2D eigenvalue weighted by molar-refractivity contribution is -0.163. The molecule has 3 amide bonds. The average Bonchev–Trinajstić information content (AvgIpc) is 3.74. The summed E-state index contributed by atoms with van der Waals surface area (Å²) in [6.07, 6.45) is 3.78. The number of hydrogen-bond donors (Lipinski definition) is 2. The Bertz CT molecular complexity index is 1560. The first-order valence-electron chi connectivity index (χ1n) is 17.6. The predicted molar refractivity (Wildman–Crippen MR) is 189 cm³/mol. The second kappa shape index (κ2) is 15.3. The van der Waals surface area contributed by atoms with Crippen molar-refractivity contribution < 1.29 is 33.8 Å². The quantitative estimate of drug-likeness (QED) is 0.209. The van der Waals surface area contributed by atoms with Crippen molar-refractivity contribution in [2.24, 2.45) is 11.8 Å². The van der Waals surface area contributed by atoms with Gasteiger partial charge in [0.2, 0.25) is 17.7 Å². The van der Waals surface area contributed by atoms with E-state index in [1.54, 1.807) is 24.0 Å². The topological polar surface area (TPSA) is 125 Å². The molecular weight excluding hydrogens is 634 g/mol. The molecule has 0 saturated carbocycles. The number of hydrogen-bond acceptors (Lipinski definition) is 7. The van der Waals surface area contributed by atoms with Gasteiger partial charge < -0.3 is 29.7 Å². The Balaban J connectivity index is 1.52. The molecule has 2 aromatic carbocycles. The number of carbonyl (C=O) groups is 4. The number of rotatable bonds is 15. The van der Waals surface area contributed by atoms with Gasteiger partial charge in [-0.3, -0.25) is 19.2 Å². The normalized spacial score (nSPS) is 25.7. The summed E-state index contributed by atoms with van der Waals surface area (Å²) >= 11 is 0. The number of benzene rings is 2. The second-order valence-corrected chi connectivity index (χ2v) is 14.7. The monoisotopic (exact) mass is 685 g/mol. The summed E-state index contributed by atoms with van der Waals surface area (Å²) in [5, 5.41) is 13.8. The lowest BCUT2D eigenvalue weighted by Gasteiger charge is -2.43. The summed E-state index contributed by atoms with van der Waals surface area (Å²) in [4.78, 5) is 59.9. The first kappa shape index (κ1) is 37.0. The van der Waals surface area contributed by atoms with E-state index >= 15 is 0 Å². The molecule has 3 aliphatic heterocycles. The largest absolute Gasteiger partial charge is 0.455 e. The summed E-state index contributed by atoms with van der Waals surface area (Å²) < 4.78 is 13.0. The van der Waals surface area contributed by atoms with E-state index in [2.05, 4.69) is 18.5 Å². The van der Waals surface area contributed by atoms with Gasteiger partial charge in [-0.05, 0) is 64.5 Å². The summed E-state index contributed by atoms with van der Waals surface area (Å²) in [5.41, 5.74) is -0.316. The van der Waals surface area contributed by atoms with Crippen LogP contribution in [0.2, 0.25) is 0 Å². The minimum absolute atomic E-state index is 0.198. The van der Waals surface area contributed by atoms with E-state index in [1.165, 1.54) is 4.90 Å². The Labute approximate surface area is 295 Å². The molecular formula is C40H51N3O7. The fourth-order valence-corrected chi connectivity index (χ4v) is 8.08. The molecule has 3 aliphatic rings. The highest BCUT2D eigenvalue weighted by atomic mass is 16.6. The van der Waals surface area contributed by atoms with Crippen LogP contribution >= 0.6 is 0 Å². The minimum atomic E-state index is -1.29. The van der Waals surface area contributed by atoms with Crippen LogP contribution in [0.15, 0.2) is 86.0 Å². The Hall–Kier alpha value is -4.28. The first-order chi connectivity index (χ1) is 23.9. The van der Waals surface area contributed by atoms with Crippen LogP contribution in [0, 0.1) is 11.8 Å². The Kier molecular flexibility index (Phi) is 11.3. The summed E-state index contributed by atoms with van der Waals surface area (Å²) in [6, 6.07) is 16.3. The second-order valence-electron chi connectivity index (χ2n) is 14.7. The molecule has 0 aromatic heterocycles. The van der Waals surface area contributed by atoms with Crippen LogP contribution in [0.25, 0.3) is 0 Å². The SMILES string of the molecule is C=CCCC(=O)N[C@@H](C)[C@H](OC(=O)[C@@H]1[C@H]2C(=O)N([C@@H](CO)Cc3ccccc3)[C@H](C(=O)N(CC=C)C(C)(C)C)[C@]23CC[C@H]1O3)c1ccccc1. The van der Waals surface area contributed by atoms with Gasteiger partial charge in [0, 0.05) is 18.5 Å². The Morgan fingerprint density at radius 1 is 1.10 bits per heavy atom. The van der Waals surface area contributed by atoms with Crippen LogP contribution < -0.4 is 5.32 Å². The van der Waals surface area contributed by atoms with Crippen LogP contribution in [-0.4, -0.2) is 87.1 Å². The van der Waals surface area contributed by atoms with Crippen molar-refractivity contribution in [2.45, 2.75) is 101 Å². The molecule has 1 spiro atoms. The maximum absolute atomic E-state index is 14.8. The molecule has 10 nitrogen and oxygen atoms in total. The third kappa shape index (κ3) is 7.14. The number of amides is 3. The van der Waals surface area contributed by atoms with Gasteiger partial charge in [0.25, 0.3) is 0 Å². The lowest BCUT2D eigenvalue weighted by atomic mass is 9.70. The van der Waals surface area contributed by atoms with E-state index in [0.717, 1.165) is 5.56 Å². The van der Waals surface area contributed by atoms with E-state index in [9.17, 15) is 24.3 Å². The van der Waals surface area contributed by atoms with E-state index in [-0.39, 0.29) is 31.4 Å². The molecule has 50 heavy (non-hydrogen) atoms. The zero-order chi connectivity index (χ0) is 36.2. The van der Waals surface area contributed by atoms with Crippen molar-refractivity contribution in [3.63, 3.8) is 0 Å². The molecule has 5 rings (SSSR count). The number of esters is 1. The highest BCUT2D eigenvalue weighted by molar-refractivity contribution is 5.98. The number of carbonyl (C=O) groups excluding carboxylic acids is 4. The minimum Gasteiger partial charge on any atom is -0.455 e. The molecule has 3 saturated heterocycles. The Morgan fingerprint density at radius 3 is 2.36 bits per heavy atom. The maximum atomic E-state index is 14.8. The molecule has 2 bridgehead atoms. The predicted octanol–water partition coefficient (Wildman–Crippen LogP) is 4.53. The van der Waals surface area contributed by atoms with Crippen LogP contribution in [0.4, 0.5) is 0 Å². The number of nitrogens with zero attached hydrogens (tertiary/aromatic N) is 2. The van der Waals surface area contributed by atoms with Gasteiger partial charge in [-0.2, -0.15) is 0 Å². The van der Waals surface area contributed by atoms with Gasteiger partial charge in [-0.15, -0.1) is 13.2 Å². The van der Waals surface area contributed by atoms with E-state index < -0.39 is 65.2 Å². The molecule has 268 valence electrons. The number of likely N-dealkylation sites (tertiary alicyclic amines) is 1. The maximum Gasteiger partial charge on any atom is 0.313 e. The van der Waals surface area contributed by atoms with Gasteiger partial charge >= 0.3 is 5.97 Å². The van der Waals surface area contributed by atoms with Crippen molar-refractivity contribution in [1.82, 2.24) is 15.1 Å². The van der Waals surface area contributed by atoms with Crippen LogP contribution in [0.1, 0.15) is 70.6 Å². The molecule has 0 unspecified atom stereocenters. The number of allylic oxidation sites excluding steroid dienone is 1. The molecule has 3 heterocycles. The smallest absolute Gasteiger partial charge is 0.313 e. The highest BCUT2D eigenvalue weighted by Crippen LogP contribution is 2.59. The molecule has 10 heteroatoms. The number of aliphatic hydroxyl groups is 1. The van der Waals surface area contributed by atoms with Crippen LogP contribution in [0.3, 0.4) is 0 Å². The van der Waals surface area contributed by atoms with Gasteiger partial charge in [0.05, 0.1) is 36.6 Å². The van der Waals surface area contributed by atoms with E-state index in [4.69, 9.17) is 9.47 Å². The third-order valence-corrected chi connectivity index (χ3v) is 10.3. The molecule has 8 atom stereocenters. The molecule has 0 aliphatic carbocycles.